The molecule has 2 heterocycles. The van der Waals surface area contributed by atoms with Crippen LogP contribution in [0.4, 0.5) is 0 Å². The Hall–Kier alpha value is -3.21. The van der Waals surface area contributed by atoms with E-state index in [0.29, 0.717) is 5.75 Å². The number of imidazole rings is 1. The number of nitrogens with zero attached hydrogens (tertiary/aromatic N) is 3. The SMILES string of the molecule is Cn1cnc2cc(OC(=O)c3ccc4ccccc4n3)ccc21. The highest BCUT2D eigenvalue weighted by Gasteiger charge is 2.12. The molecular weight excluding hydrogens is 290 g/mol. The van der Waals surface area contributed by atoms with Crippen LogP contribution >= 0.6 is 0 Å². The van der Waals surface area contributed by atoms with Crippen molar-refractivity contribution in [3.05, 3.63) is 66.6 Å². The van der Waals surface area contributed by atoms with Crippen LogP contribution in [0, 0.1) is 0 Å². The maximum Gasteiger partial charge on any atom is 0.362 e. The minimum Gasteiger partial charge on any atom is -0.422 e. The summed E-state index contributed by atoms with van der Waals surface area (Å²) >= 11 is 0. The molecule has 0 fully saturated rings. The van der Waals surface area contributed by atoms with Crippen LogP contribution in [0.3, 0.4) is 0 Å². The average Bonchev–Trinajstić information content (AvgIpc) is 2.95. The van der Waals surface area contributed by atoms with E-state index in [-0.39, 0.29) is 5.69 Å². The summed E-state index contributed by atoms with van der Waals surface area (Å²) in [5, 5.41) is 0.985. The van der Waals surface area contributed by atoms with Gasteiger partial charge in [0.25, 0.3) is 0 Å². The van der Waals surface area contributed by atoms with Crippen molar-refractivity contribution in [2.75, 3.05) is 0 Å². The Labute approximate surface area is 132 Å². The molecule has 0 atom stereocenters. The van der Waals surface area contributed by atoms with Crippen molar-refractivity contribution in [3.63, 3.8) is 0 Å². The van der Waals surface area contributed by atoms with Crippen LogP contribution < -0.4 is 4.74 Å². The predicted molar refractivity (Wildman–Crippen MR) is 87.4 cm³/mol. The number of carbonyl (C=O) groups excluding carboxylic acids is 1. The van der Waals surface area contributed by atoms with Gasteiger partial charge in [-0.05, 0) is 24.3 Å². The topological polar surface area (TPSA) is 57.0 Å². The molecule has 0 saturated heterocycles. The summed E-state index contributed by atoms with van der Waals surface area (Å²) in [5.74, 6) is -0.0257. The van der Waals surface area contributed by atoms with Gasteiger partial charge in [0.05, 0.1) is 22.9 Å². The molecule has 112 valence electrons. The Kier molecular flexibility index (Phi) is 3.05. The maximum absolute atomic E-state index is 12.3. The number of benzene rings is 2. The molecule has 0 aliphatic rings. The Bertz CT molecular complexity index is 1040. The standard InChI is InChI=1S/C18H13N3O2/c1-21-11-19-16-10-13(7-9-17(16)21)23-18(22)15-8-6-12-4-2-3-5-14(12)20-15/h2-11H,1H3. The number of hydrogen-bond donors (Lipinski definition) is 0. The van der Waals surface area contributed by atoms with Gasteiger partial charge >= 0.3 is 5.97 Å². The van der Waals surface area contributed by atoms with E-state index in [0.717, 1.165) is 21.9 Å². The summed E-state index contributed by atoms with van der Waals surface area (Å²) in [5.41, 5.74) is 2.81. The first kappa shape index (κ1) is 13.5. The minimum absolute atomic E-state index is 0.282. The first-order chi connectivity index (χ1) is 11.2. The van der Waals surface area contributed by atoms with Gasteiger partial charge in [-0.2, -0.15) is 0 Å². The number of esters is 1. The Morgan fingerprint density at radius 2 is 1.91 bits per heavy atom. The van der Waals surface area contributed by atoms with Crippen LogP contribution in [0.15, 0.2) is 60.9 Å². The molecule has 2 aromatic heterocycles. The van der Waals surface area contributed by atoms with E-state index in [2.05, 4.69) is 9.97 Å². The van der Waals surface area contributed by atoms with Crippen LogP contribution in [0.1, 0.15) is 10.5 Å². The van der Waals surface area contributed by atoms with Crippen molar-refractivity contribution in [2.24, 2.45) is 7.05 Å². The number of carbonyl (C=O) groups is 1. The van der Waals surface area contributed by atoms with Gasteiger partial charge in [0.15, 0.2) is 0 Å². The molecule has 0 aliphatic heterocycles. The summed E-state index contributed by atoms with van der Waals surface area (Å²) in [6, 6.07) is 16.5. The van der Waals surface area contributed by atoms with E-state index in [9.17, 15) is 4.79 Å². The third-order valence-corrected chi connectivity index (χ3v) is 3.71. The summed E-state index contributed by atoms with van der Waals surface area (Å²) in [6.07, 6.45) is 1.72. The second-order valence-corrected chi connectivity index (χ2v) is 5.28. The van der Waals surface area contributed by atoms with Gasteiger partial charge in [-0.3, -0.25) is 0 Å². The zero-order valence-electron chi connectivity index (χ0n) is 12.4. The van der Waals surface area contributed by atoms with Gasteiger partial charge in [-0.25, -0.2) is 14.8 Å². The lowest BCUT2D eigenvalue weighted by Crippen LogP contribution is -2.10. The largest absolute Gasteiger partial charge is 0.422 e. The Morgan fingerprint density at radius 3 is 2.83 bits per heavy atom. The van der Waals surface area contributed by atoms with Gasteiger partial charge < -0.3 is 9.30 Å². The monoisotopic (exact) mass is 303 g/mol. The smallest absolute Gasteiger partial charge is 0.362 e. The van der Waals surface area contributed by atoms with Crippen LogP contribution in [0.2, 0.25) is 0 Å². The molecule has 0 unspecified atom stereocenters. The fourth-order valence-electron chi connectivity index (χ4n) is 2.52. The first-order valence-electron chi connectivity index (χ1n) is 7.20. The van der Waals surface area contributed by atoms with Crippen LogP contribution in [0.5, 0.6) is 5.75 Å². The fourth-order valence-corrected chi connectivity index (χ4v) is 2.52. The van der Waals surface area contributed by atoms with E-state index in [1.54, 1.807) is 24.5 Å². The second-order valence-electron chi connectivity index (χ2n) is 5.28. The summed E-state index contributed by atoms with van der Waals surface area (Å²) in [4.78, 5) is 20.9. The number of para-hydroxylation sites is 1. The molecule has 5 heteroatoms. The van der Waals surface area contributed by atoms with Crippen molar-refractivity contribution in [3.8, 4) is 5.75 Å². The van der Waals surface area contributed by atoms with Gasteiger partial charge in [-0.15, -0.1) is 0 Å². The van der Waals surface area contributed by atoms with Crippen molar-refractivity contribution < 1.29 is 9.53 Å². The highest BCUT2D eigenvalue weighted by molar-refractivity contribution is 5.92. The van der Waals surface area contributed by atoms with E-state index in [4.69, 9.17) is 4.74 Å². The second kappa shape index (κ2) is 5.21. The zero-order chi connectivity index (χ0) is 15.8. The van der Waals surface area contributed by atoms with Crippen molar-refractivity contribution >= 4 is 27.9 Å². The maximum atomic E-state index is 12.3. The molecule has 0 spiro atoms. The summed E-state index contributed by atoms with van der Waals surface area (Å²) < 4.78 is 7.32. The van der Waals surface area contributed by atoms with Crippen molar-refractivity contribution in [2.45, 2.75) is 0 Å². The molecule has 0 saturated carbocycles. The quantitative estimate of drug-likeness (QED) is 0.421. The highest BCUT2D eigenvalue weighted by atomic mass is 16.5. The van der Waals surface area contributed by atoms with Crippen LogP contribution in [-0.4, -0.2) is 20.5 Å². The molecule has 4 rings (SSSR count). The number of aryl methyl sites for hydroxylation is 1. The molecule has 0 bridgehead atoms. The van der Waals surface area contributed by atoms with Gasteiger partial charge in [-0.1, -0.05) is 24.3 Å². The fraction of sp³-hybridized carbons (Fsp3) is 0.0556. The van der Waals surface area contributed by atoms with Gasteiger partial charge in [0, 0.05) is 18.5 Å². The average molecular weight is 303 g/mol. The molecule has 23 heavy (non-hydrogen) atoms. The van der Waals surface area contributed by atoms with Gasteiger partial charge in [0.1, 0.15) is 11.4 Å². The number of hydrogen-bond acceptors (Lipinski definition) is 4. The van der Waals surface area contributed by atoms with E-state index < -0.39 is 5.97 Å². The summed E-state index contributed by atoms with van der Waals surface area (Å²) in [6.45, 7) is 0. The normalized spacial score (nSPS) is 11.0. The lowest BCUT2D eigenvalue weighted by Gasteiger charge is -2.05. The lowest BCUT2D eigenvalue weighted by molar-refractivity contribution is 0.0729. The number of fused-ring (bicyclic) bond motifs is 2. The molecule has 0 aliphatic carbocycles. The number of rotatable bonds is 2. The number of pyridine rings is 1. The molecule has 0 N–H and O–H groups in total. The van der Waals surface area contributed by atoms with E-state index in [1.165, 1.54) is 0 Å². The molecule has 0 radical (unpaired) electrons. The number of aromatic nitrogens is 3. The third kappa shape index (κ3) is 2.42. The highest BCUT2D eigenvalue weighted by Crippen LogP contribution is 2.20. The van der Waals surface area contributed by atoms with Crippen molar-refractivity contribution in [1.82, 2.24) is 14.5 Å². The minimum atomic E-state index is -0.481. The Balaban J connectivity index is 1.64. The Morgan fingerprint density at radius 1 is 1.04 bits per heavy atom. The molecule has 4 aromatic rings. The molecular formula is C18H13N3O2. The summed E-state index contributed by atoms with van der Waals surface area (Å²) in [7, 11) is 1.92. The third-order valence-electron chi connectivity index (χ3n) is 3.71. The molecule has 2 aromatic carbocycles. The van der Waals surface area contributed by atoms with Gasteiger partial charge in [0.2, 0.25) is 0 Å². The van der Waals surface area contributed by atoms with E-state index >= 15 is 0 Å². The molecule has 0 amide bonds. The predicted octanol–water partition coefficient (Wildman–Crippen LogP) is 3.34. The number of ether oxygens (including phenoxy) is 1. The first-order valence-corrected chi connectivity index (χ1v) is 7.20. The van der Waals surface area contributed by atoms with Crippen molar-refractivity contribution in [1.29, 1.82) is 0 Å². The lowest BCUT2D eigenvalue weighted by atomic mass is 10.2. The van der Waals surface area contributed by atoms with Crippen LogP contribution in [-0.2, 0) is 7.05 Å². The zero-order valence-corrected chi connectivity index (χ0v) is 12.4. The van der Waals surface area contributed by atoms with E-state index in [1.807, 2.05) is 48.0 Å². The molecule has 5 nitrogen and oxygen atoms in total. The van der Waals surface area contributed by atoms with Crippen LogP contribution in [0.25, 0.3) is 21.9 Å².